The van der Waals surface area contributed by atoms with Crippen LogP contribution < -0.4 is 9.47 Å². The Kier molecular flexibility index (Phi) is 2.84. The standard InChI is InChI=1S/C14H14N2O2/c1-2-17-14-11-7-8-18-12-6-4-3-5-10(12)13(11)15-9-16-14/h3-6,9H,2,7-8H2,1H3. The summed E-state index contributed by atoms with van der Waals surface area (Å²) in [5.74, 6) is 1.54. The minimum Gasteiger partial charge on any atom is -0.493 e. The van der Waals surface area contributed by atoms with Crippen LogP contribution in [-0.4, -0.2) is 23.2 Å². The molecule has 3 rings (SSSR count). The molecule has 0 bridgehead atoms. The van der Waals surface area contributed by atoms with Gasteiger partial charge in [0, 0.05) is 17.5 Å². The summed E-state index contributed by atoms with van der Waals surface area (Å²) in [6, 6.07) is 7.93. The summed E-state index contributed by atoms with van der Waals surface area (Å²) in [4.78, 5) is 8.60. The van der Waals surface area contributed by atoms with E-state index in [4.69, 9.17) is 9.47 Å². The van der Waals surface area contributed by atoms with E-state index in [9.17, 15) is 0 Å². The number of fused-ring (bicyclic) bond motifs is 3. The molecule has 4 nitrogen and oxygen atoms in total. The lowest BCUT2D eigenvalue weighted by Crippen LogP contribution is -2.04. The first-order valence-corrected chi connectivity index (χ1v) is 6.09. The van der Waals surface area contributed by atoms with E-state index in [0.29, 0.717) is 19.1 Å². The summed E-state index contributed by atoms with van der Waals surface area (Å²) >= 11 is 0. The zero-order valence-corrected chi connectivity index (χ0v) is 10.2. The third kappa shape index (κ3) is 1.79. The van der Waals surface area contributed by atoms with Gasteiger partial charge in [0.2, 0.25) is 5.88 Å². The molecule has 2 heterocycles. The summed E-state index contributed by atoms with van der Waals surface area (Å²) < 4.78 is 11.3. The van der Waals surface area contributed by atoms with Gasteiger partial charge in [-0.2, -0.15) is 0 Å². The van der Waals surface area contributed by atoms with Crippen molar-refractivity contribution in [2.24, 2.45) is 0 Å². The van der Waals surface area contributed by atoms with Crippen LogP contribution in [0.2, 0.25) is 0 Å². The normalized spacial score (nSPS) is 12.9. The molecule has 0 N–H and O–H groups in total. The van der Waals surface area contributed by atoms with Crippen molar-refractivity contribution in [3.8, 4) is 22.9 Å². The van der Waals surface area contributed by atoms with Crippen LogP contribution in [0.1, 0.15) is 12.5 Å². The predicted octanol–water partition coefficient (Wildman–Crippen LogP) is 2.48. The van der Waals surface area contributed by atoms with E-state index in [1.54, 1.807) is 6.33 Å². The van der Waals surface area contributed by atoms with Gasteiger partial charge in [-0.15, -0.1) is 0 Å². The molecule has 0 saturated carbocycles. The van der Waals surface area contributed by atoms with Crippen molar-refractivity contribution in [2.45, 2.75) is 13.3 Å². The molecule has 0 spiro atoms. The minimum atomic E-state index is 0.603. The van der Waals surface area contributed by atoms with E-state index < -0.39 is 0 Å². The Morgan fingerprint density at radius 3 is 3.06 bits per heavy atom. The molecule has 18 heavy (non-hydrogen) atoms. The molecule has 0 atom stereocenters. The Morgan fingerprint density at radius 1 is 1.28 bits per heavy atom. The average Bonchev–Trinajstić information content (AvgIpc) is 2.59. The molecule has 1 aromatic carbocycles. The topological polar surface area (TPSA) is 44.2 Å². The monoisotopic (exact) mass is 242 g/mol. The van der Waals surface area contributed by atoms with Gasteiger partial charge in [-0.05, 0) is 19.1 Å². The van der Waals surface area contributed by atoms with Gasteiger partial charge in [0.15, 0.2) is 0 Å². The number of para-hydroxylation sites is 1. The average molecular weight is 242 g/mol. The third-order valence-corrected chi connectivity index (χ3v) is 2.94. The lowest BCUT2D eigenvalue weighted by Gasteiger charge is -2.10. The molecule has 1 aliphatic heterocycles. The van der Waals surface area contributed by atoms with Crippen molar-refractivity contribution in [1.82, 2.24) is 9.97 Å². The number of hydrogen-bond donors (Lipinski definition) is 0. The van der Waals surface area contributed by atoms with E-state index >= 15 is 0 Å². The van der Waals surface area contributed by atoms with Crippen LogP contribution in [0.3, 0.4) is 0 Å². The number of ether oxygens (including phenoxy) is 2. The van der Waals surface area contributed by atoms with Gasteiger partial charge in [-0.1, -0.05) is 12.1 Å². The Morgan fingerprint density at radius 2 is 2.17 bits per heavy atom. The summed E-state index contributed by atoms with van der Waals surface area (Å²) in [7, 11) is 0. The van der Waals surface area contributed by atoms with Gasteiger partial charge in [0.05, 0.1) is 18.9 Å². The highest BCUT2D eigenvalue weighted by Gasteiger charge is 2.20. The molecule has 0 amide bonds. The van der Waals surface area contributed by atoms with Gasteiger partial charge in [-0.3, -0.25) is 0 Å². The molecule has 1 aromatic heterocycles. The Bertz CT molecular complexity index is 569. The number of rotatable bonds is 2. The van der Waals surface area contributed by atoms with E-state index in [0.717, 1.165) is 29.0 Å². The number of hydrogen-bond acceptors (Lipinski definition) is 4. The molecule has 1 aliphatic rings. The number of nitrogens with zero attached hydrogens (tertiary/aromatic N) is 2. The second kappa shape index (κ2) is 4.64. The van der Waals surface area contributed by atoms with E-state index in [-0.39, 0.29) is 0 Å². The van der Waals surface area contributed by atoms with E-state index in [2.05, 4.69) is 9.97 Å². The highest BCUT2D eigenvalue weighted by molar-refractivity contribution is 5.71. The van der Waals surface area contributed by atoms with Crippen molar-refractivity contribution in [3.05, 3.63) is 36.2 Å². The quantitative estimate of drug-likeness (QED) is 0.811. The molecule has 0 saturated heterocycles. The van der Waals surface area contributed by atoms with Crippen molar-refractivity contribution in [1.29, 1.82) is 0 Å². The van der Waals surface area contributed by atoms with Crippen LogP contribution in [0, 0.1) is 0 Å². The van der Waals surface area contributed by atoms with Crippen molar-refractivity contribution >= 4 is 0 Å². The fraction of sp³-hybridized carbons (Fsp3) is 0.286. The van der Waals surface area contributed by atoms with Gasteiger partial charge in [0.25, 0.3) is 0 Å². The van der Waals surface area contributed by atoms with Crippen LogP contribution in [0.5, 0.6) is 11.6 Å². The molecule has 2 aromatic rings. The molecule has 0 aliphatic carbocycles. The maximum Gasteiger partial charge on any atom is 0.220 e. The van der Waals surface area contributed by atoms with Crippen molar-refractivity contribution < 1.29 is 9.47 Å². The molecule has 0 unspecified atom stereocenters. The lowest BCUT2D eigenvalue weighted by atomic mass is 10.1. The van der Waals surface area contributed by atoms with Gasteiger partial charge in [-0.25, -0.2) is 9.97 Å². The maximum absolute atomic E-state index is 5.74. The molecular weight excluding hydrogens is 228 g/mol. The predicted molar refractivity (Wildman–Crippen MR) is 67.8 cm³/mol. The number of benzene rings is 1. The summed E-state index contributed by atoms with van der Waals surface area (Å²) in [5.41, 5.74) is 2.96. The molecule has 0 fully saturated rings. The zero-order valence-electron chi connectivity index (χ0n) is 10.2. The second-order valence-corrected chi connectivity index (χ2v) is 4.03. The molecule has 0 radical (unpaired) electrons. The minimum absolute atomic E-state index is 0.603. The molecular formula is C14H14N2O2. The van der Waals surface area contributed by atoms with Crippen molar-refractivity contribution in [3.63, 3.8) is 0 Å². The second-order valence-electron chi connectivity index (χ2n) is 4.03. The van der Waals surface area contributed by atoms with Crippen LogP contribution in [0.25, 0.3) is 11.3 Å². The Balaban J connectivity index is 2.18. The van der Waals surface area contributed by atoms with Gasteiger partial charge < -0.3 is 9.47 Å². The summed E-state index contributed by atoms with van der Waals surface area (Å²) in [6.07, 6.45) is 2.31. The van der Waals surface area contributed by atoms with Crippen LogP contribution in [0.15, 0.2) is 30.6 Å². The highest BCUT2D eigenvalue weighted by atomic mass is 16.5. The first-order chi connectivity index (χ1) is 8.90. The maximum atomic E-state index is 5.74. The smallest absolute Gasteiger partial charge is 0.220 e. The van der Waals surface area contributed by atoms with Crippen LogP contribution >= 0.6 is 0 Å². The van der Waals surface area contributed by atoms with E-state index in [1.165, 1.54) is 0 Å². The fourth-order valence-electron chi connectivity index (χ4n) is 2.17. The largest absolute Gasteiger partial charge is 0.493 e. The summed E-state index contributed by atoms with van der Waals surface area (Å²) in [6.45, 7) is 3.18. The van der Waals surface area contributed by atoms with Gasteiger partial charge >= 0.3 is 0 Å². The Labute approximate surface area is 106 Å². The van der Waals surface area contributed by atoms with Crippen LogP contribution in [0.4, 0.5) is 0 Å². The number of aromatic nitrogens is 2. The third-order valence-electron chi connectivity index (χ3n) is 2.94. The molecule has 4 heteroatoms. The Hall–Kier alpha value is -2.10. The zero-order chi connectivity index (χ0) is 12.4. The lowest BCUT2D eigenvalue weighted by molar-refractivity contribution is 0.308. The highest BCUT2D eigenvalue weighted by Crippen LogP contribution is 2.36. The van der Waals surface area contributed by atoms with Crippen molar-refractivity contribution in [2.75, 3.05) is 13.2 Å². The van der Waals surface area contributed by atoms with Gasteiger partial charge in [0.1, 0.15) is 12.1 Å². The fourth-order valence-corrected chi connectivity index (χ4v) is 2.17. The first kappa shape index (κ1) is 11.0. The first-order valence-electron chi connectivity index (χ1n) is 6.09. The van der Waals surface area contributed by atoms with Crippen LogP contribution in [-0.2, 0) is 6.42 Å². The van der Waals surface area contributed by atoms with E-state index in [1.807, 2.05) is 31.2 Å². The molecule has 92 valence electrons. The summed E-state index contributed by atoms with van der Waals surface area (Å²) in [5, 5.41) is 0. The SMILES string of the molecule is CCOc1ncnc2c1CCOc1ccccc1-2.